The number of halogens is 6. The Morgan fingerprint density at radius 2 is 1.02 bits per heavy atom. The number of nitrogens with two attached hydrogens (primary N) is 4. The zero-order valence-electron chi connectivity index (χ0n) is 24.7. The molecule has 1 radical (unpaired) electrons. The van der Waals surface area contributed by atoms with Gasteiger partial charge in [-0.05, 0) is 37.8 Å². The zero-order chi connectivity index (χ0) is 34.5. The molecule has 0 heterocycles. The number of aliphatic imine (C=N–C) groups is 2. The molecule has 0 aromatic heterocycles. The van der Waals surface area contributed by atoms with Crippen LogP contribution in [0.2, 0.25) is 0 Å². The molecule has 1 aliphatic rings. The van der Waals surface area contributed by atoms with Crippen LogP contribution in [0.5, 0.6) is 11.5 Å². The molecule has 2 aromatic rings. The van der Waals surface area contributed by atoms with Gasteiger partial charge < -0.3 is 37.9 Å². The largest absolute Gasteiger partial charge is 3.00 e. The molecule has 0 saturated heterocycles. The van der Waals surface area contributed by atoms with Crippen molar-refractivity contribution in [3.8, 4) is 11.5 Å². The van der Waals surface area contributed by atoms with Gasteiger partial charge in [0.2, 0.25) is 0 Å². The molecule has 0 bridgehead atoms. The third-order valence-electron chi connectivity index (χ3n) is 4.75. The van der Waals surface area contributed by atoms with E-state index in [-0.39, 0.29) is 55.0 Å². The average molecular weight is 759 g/mol. The molecule has 257 valence electrons. The summed E-state index contributed by atoms with van der Waals surface area (Å²) in [5, 5.41) is 35.6. The summed E-state index contributed by atoms with van der Waals surface area (Å²) >= 11 is 0. The molecule has 0 spiro atoms. The maximum absolute atomic E-state index is 11.8. The van der Waals surface area contributed by atoms with Crippen LogP contribution >= 0.6 is 7.81 Å². The molecular weight excluding hydrogens is 718 g/mol. The maximum atomic E-state index is 11.8. The Morgan fingerprint density at radius 3 is 1.24 bits per heavy atom. The van der Waals surface area contributed by atoms with E-state index in [9.17, 15) is 35.4 Å². The third kappa shape index (κ3) is 34.9. The fraction of sp³-hybridized carbons (Fsp3) is 0.385. The molecule has 10 N–H and O–H groups in total. The van der Waals surface area contributed by atoms with Crippen molar-refractivity contribution < 1.29 is 59.6 Å². The summed E-state index contributed by atoms with van der Waals surface area (Å²) in [6.07, 6.45) is 7.48. The van der Waals surface area contributed by atoms with Crippen molar-refractivity contribution in [3.63, 3.8) is 0 Å². The van der Waals surface area contributed by atoms with Gasteiger partial charge in [0.25, 0.3) is 0 Å². The van der Waals surface area contributed by atoms with Gasteiger partial charge in [-0.15, -0.1) is 11.5 Å². The van der Waals surface area contributed by atoms with Crippen molar-refractivity contribution in [3.05, 3.63) is 59.7 Å². The minimum Gasteiger partial charge on any atom is -0.872 e. The van der Waals surface area contributed by atoms with E-state index in [1.165, 1.54) is 0 Å². The van der Waals surface area contributed by atoms with Crippen molar-refractivity contribution in [1.82, 2.24) is 0 Å². The second-order valence-corrected chi connectivity index (χ2v) is 10.6. The predicted molar refractivity (Wildman–Crippen MR) is 161 cm³/mol. The van der Waals surface area contributed by atoms with Crippen LogP contribution in [0.1, 0.15) is 50.7 Å². The van der Waals surface area contributed by atoms with E-state index in [0.29, 0.717) is 11.1 Å². The number of ether oxygens (including phenoxy) is 1. The standard InChI is InChI=1S/C20H22N2O2.C4H10O.2CH5N3.F6P.Ru/c23-19-11-5-1-7-15(19)13-21-17-9-3-4-10-18(17)22-14-16-8-2-6-12-20(16)24;1-3-5-4-2;2*2-1(3)4;1-7(2,3,4,5)6;/h1-2,5-8,11-14,17-18,23-24H,3-4,9-10H2;3-4H2,1-2H3;2*(H5,2,3,4);;/q;;;;-1;+3/p-2/t17-,18-;;;;;/m1...../s1. The molecule has 19 heteroatoms. The monoisotopic (exact) mass is 759 g/mol. The topological polar surface area (TPSA) is 232 Å². The summed E-state index contributed by atoms with van der Waals surface area (Å²) in [5.74, 6) is -0.699. The average Bonchev–Trinajstić information content (AvgIpc) is 2.87. The molecule has 3 rings (SSSR count). The first-order valence-corrected chi connectivity index (χ1v) is 15.0. The zero-order valence-corrected chi connectivity index (χ0v) is 27.3. The van der Waals surface area contributed by atoms with Crippen LogP contribution in [0.4, 0.5) is 25.2 Å². The smallest absolute Gasteiger partial charge is 0.872 e. The van der Waals surface area contributed by atoms with Gasteiger partial charge >= 0.3 is 52.5 Å². The molecule has 2 aromatic carbocycles. The van der Waals surface area contributed by atoms with Crippen molar-refractivity contribution in [2.75, 3.05) is 13.2 Å². The van der Waals surface area contributed by atoms with Gasteiger partial charge in [-0.1, -0.05) is 61.4 Å². The fourth-order valence-corrected chi connectivity index (χ4v) is 3.17. The van der Waals surface area contributed by atoms with Gasteiger partial charge in [0.05, 0.1) is 12.1 Å². The first-order chi connectivity index (χ1) is 20.1. The van der Waals surface area contributed by atoms with E-state index in [0.717, 1.165) is 38.9 Å². The second-order valence-electron chi connectivity index (χ2n) is 8.70. The van der Waals surface area contributed by atoms with Crippen LogP contribution in [-0.4, -0.2) is 49.6 Å². The van der Waals surface area contributed by atoms with E-state index < -0.39 is 7.81 Å². The fourth-order valence-electron chi connectivity index (χ4n) is 3.17. The molecule has 1 saturated carbocycles. The van der Waals surface area contributed by atoms with Crippen LogP contribution in [0.25, 0.3) is 0 Å². The number of rotatable bonds is 6. The van der Waals surface area contributed by atoms with Gasteiger partial charge in [0, 0.05) is 25.6 Å². The van der Waals surface area contributed by atoms with Gasteiger partial charge in [-0.25, -0.2) is 0 Å². The second kappa shape index (κ2) is 21.3. The van der Waals surface area contributed by atoms with Gasteiger partial charge in [-0.2, -0.15) is 0 Å². The van der Waals surface area contributed by atoms with E-state index in [1.807, 2.05) is 26.0 Å². The van der Waals surface area contributed by atoms with Crippen molar-refractivity contribution >= 4 is 32.2 Å². The normalized spacial score (nSPS) is 17.1. The first kappa shape index (κ1) is 45.9. The Balaban J connectivity index is -0.000000690. The van der Waals surface area contributed by atoms with E-state index in [4.69, 9.17) is 15.6 Å². The van der Waals surface area contributed by atoms with Gasteiger partial charge in [0.1, 0.15) is 0 Å². The molecule has 11 nitrogen and oxygen atoms in total. The number of nitrogens with one attached hydrogen (secondary N) is 2. The number of hydrogen-bond donors (Lipinski definition) is 6. The maximum Gasteiger partial charge on any atom is 3.00 e. The number of para-hydroxylation sites is 2. The Kier molecular flexibility index (Phi) is 21.7. The van der Waals surface area contributed by atoms with Crippen LogP contribution in [0.3, 0.4) is 0 Å². The van der Waals surface area contributed by atoms with E-state index in [1.54, 1.807) is 48.8 Å². The number of hydrogen-bond acceptors (Lipinski definition) is 7. The van der Waals surface area contributed by atoms with Crippen LogP contribution in [0, 0.1) is 10.8 Å². The Hall–Kier alpha value is -3.49. The molecular formula is C26H40F6N8O3PRu. The van der Waals surface area contributed by atoms with Gasteiger partial charge in [0.15, 0.2) is 11.9 Å². The van der Waals surface area contributed by atoms with Crippen LogP contribution < -0.4 is 33.1 Å². The van der Waals surface area contributed by atoms with Crippen LogP contribution in [-0.2, 0) is 24.2 Å². The Morgan fingerprint density at radius 1 is 0.756 bits per heavy atom. The summed E-state index contributed by atoms with van der Waals surface area (Å²) < 4.78 is 64.0. The Labute approximate surface area is 271 Å². The summed E-state index contributed by atoms with van der Waals surface area (Å²) in [4.78, 5) is 9.23. The number of benzene rings is 2. The van der Waals surface area contributed by atoms with Gasteiger partial charge in [-0.3, -0.25) is 20.8 Å². The summed E-state index contributed by atoms with van der Waals surface area (Å²) in [6, 6.07) is 13.9. The summed E-state index contributed by atoms with van der Waals surface area (Å²) in [5.41, 5.74) is 19.1. The SMILES string of the molecule is CCOCC.F[P-](F)(F)(F)(F)F.N=C(N)N.N=C(N)N.[O-]c1ccccc1C=N[C@@H]1CCCC[C@H]1N=Cc1ccccc1[O-].[Ru+3]. The molecule has 0 unspecified atom stereocenters. The first-order valence-electron chi connectivity index (χ1n) is 13.0. The molecule has 45 heavy (non-hydrogen) atoms. The quantitative estimate of drug-likeness (QED) is 0.0793. The summed E-state index contributed by atoms with van der Waals surface area (Å²) in [7, 11) is -10.7. The Bertz CT molecular complexity index is 1110. The minimum absolute atomic E-state index is 0. The van der Waals surface area contributed by atoms with E-state index in [2.05, 4.69) is 32.9 Å². The molecule has 2 atom stereocenters. The van der Waals surface area contributed by atoms with Crippen molar-refractivity contribution in [1.29, 1.82) is 10.8 Å². The summed E-state index contributed by atoms with van der Waals surface area (Å²) in [6.45, 7) is 5.67. The molecule has 1 aliphatic carbocycles. The third-order valence-corrected chi connectivity index (χ3v) is 4.75. The predicted octanol–water partition coefficient (Wildman–Crippen LogP) is 4.78. The molecule has 1 fully saturated rings. The number of nitrogens with zero attached hydrogens (tertiary/aromatic N) is 2. The van der Waals surface area contributed by atoms with Crippen molar-refractivity contribution in [2.24, 2.45) is 32.9 Å². The van der Waals surface area contributed by atoms with E-state index >= 15 is 0 Å². The minimum atomic E-state index is -10.7. The van der Waals surface area contributed by atoms with Crippen LogP contribution in [0.15, 0.2) is 58.5 Å². The number of guanidine groups is 2. The molecule has 0 aliphatic heterocycles. The van der Waals surface area contributed by atoms with Crippen molar-refractivity contribution in [2.45, 2.75) is 51.6 Å². The molecule has 0 amide bonds.